The fourth-order valence-corrected chi connectivity index (χ4v) is 3.34. The zero-order valence-electron chi connectivity index (χ0n) is 12.9. The lowest BCUT2D eigenvalue weighted by Gasteiger charge is -2.18. The van der Waals surface area contributed by atoms with Crippen LogP contribution in [0, 0.1) is 0 Å². The van der Waals surface area contributed by atoms with E-state index in [9.17, 15) is 0 Å². The van der Waals surface area contributed by atoms with Gasteiger partial charge in [0.2, 0.25) is 0 Å². The van der Waals surface area contributed by atoms with E-state index in [1.807, 2.05) is 0 Å². The summed E-state index contributed by atoms with van der Waals surface area (Å²) >= 11 is 0. The molecule has 4 rings (SSSR count). The molecule has 0 atom stereocenters. The van der Waals surface area contributed by atoms with Crippen molar-refractivity contribution in [2.24, 2.45) is 0 Å². The van der Waals surface area contributed by atoms with Gasteiger partial charge in [-0.25, -0.2) is 0 Å². The van der Waals surface area contributed by atoms with E-state index in [0.717, 1.165) is 0 Å². The molecule has 0 amide bonds. The average molecular weight is 278 g/mol. The maximum absolute atomic E-state index is 4.25. The summed E-state index contributed by atoms with van der Waals surface area (Å²) in [5, 5.41) is 5.64. The van der Waals surface area contributed by atoms with Crippen molar-refractivity contribution >= 4 is 21.5 Å². The second-order valence-corrected chi connectivity index (χ2v) is 5.70. The Labute approximate surface area is 126 Å². The second-order valence-electron chi connectivity index (χ2n) is 5.70. The van der Waals surface area contributed by atoms with Crippen molar-refractivity contribution in [3.05, 3.63) is 59.7 Å². The van der Waals surface area contributed by atoms with Crippen LogP contribution < -0.4 is 0 Å². The molecule has 0 aliphatic heterocycles. The van der Waals surface area contributed by atoms with Gasteiger partial charge in [-0.1, -0.05) is 48.5 Å². The molecule has 0 unspecified atom stereocenters. The predicted molar refractivity (Wildman–Crippen MR) is 91.0 cm³/mol. The van der Waals surface area contributed by atoms with Gasteiger partial charge >= 0.3 is 0 Å². The van der Waals surface area contributed by atoms with Gasteiger partial charge in [0.25, 0.3) is 0 Å². The molecule has 1 aliphatic rings. The Hall–Kier alpha value is -1.86. The number of methoxy groups -OCH3 is 1. The minimum atomic E-state index is 1.25. The number of hydrogen-bond acceptors (Lipinski definition) is 1. The molecule has 21 heavy (non-hydrogen) atoms. The van der Waals surface area contributed by atoms with Crippen LogP contribution in [0.4, 0.5) is 0 Å². The van der Waals surface area contributed by atoms with Crippen LogP contribution in [0.2, 0.25) is 0 Å². The van der Waals surface area contributed by atoms with Crippen molar-refractivity contribution in [2.75, 3.05) is 14.2 Å². The van der Waals surface area contributed by atoms with Crippen LogP contribution in [-0.2, 0) is 17.6 Å². The smallest absolute Gasteiger partial charge is 0.0351 e. The quantitative estimate of drug-likeness (QED) is 0.518. The molecule has 0 N–H and O–H groups in total. The highest BCUT2D eigenvalue weighted by Crippen LogP contribution is 2.32. The normalized spacial score (nSPS) is 13.6. The Morgan fingerprint density at radius 3 is 2.29 bits per heavy atom. The Balaban J connectivity index is 0.000000409. The largest absolute Gasteiger partial charge is 0.388 e. The number of benzene rings is 3. The van der Waals surface area contributed by atoms with Gasteiger partial charge in [0, 0.05) is 14.2 Å². The van der Waals surface area contributed by atoms with Crippen molar-refractivity contribution in [3.63, 3.8) is 0 Å². The van der Waals surface area contributed by atoms with E-state index in [4.69, 9.17) is 0 Å². The summed E-state index contributed by atoms with van der Waals surface area (Å²) < 4.78 is 4.25. The van der Waals surface area contributed by atoms with E-state index in [0.29, 0.717) is 0 Å². The highest BCUT2D eigenvalue weighted by Gasteiger charge is 2.12. The Morgan fingerprint density at radius 1 is 0.714 bits per heavy atom. The summed E-state index contributed by atoms with van der Waals surface area (Å²) in [5.74, 6) is 0. The second kappa shape index (κ2) is 6.28. The van der Waals surface area contributed by atoms with E-state index in [1.54, 1.807) is 25.3 Å². The molecule has 1 heteroatoms. The summed E-state index contributed by atoms with van der Waals surface area (Å²) in [6.45, 7) is 0. The molecule has 0 bridgehead atoms. The van der Waals surface area contributed by atoms with Gasteiger partial charge in [0.05, 0.1) is 0 Å². The first-order chi connectivity index (χ1) is 10.3. The van der Waals surface area contributed by atoms with Gasteiger partial charge in [-0.15, -0.1) is 0 Å². The van der Waals surface area contributed by atoms with Crippen molar-refractivity contribution < 1.29 is 4.74 Å². The average Bonchev–Trinajstić information content (AvgIpc) is 2.55. The summed E-state index contributed by atoms with van der Waals surface area (Å²) in [7, 11) is 3.25. The zero-order valence-corrected chi connectivity index (χ0v) is 12.9. The first-order valence-electron chi connectivity index (χ1n) is 7.67. The van der Waals surface area contributed by atoms with Gasteiger partial charge in [-0.3, -0.25) is 0 Å². The highest BCUT2D eigenvalue weighted by atomic mass is 16.4. The molecule has 0 fully saturated rings. The van der Waals surface area contributed by atoms with Crippen LogP contribution in [-0.4, -0.2) is 14.2 Å². The molecule has 108 valence electrons. The first-order valence-corrected chi connectivity index (χ1v) is 7.67. The number of fused-ring (bicyclic) bond motifs is 5. The monoisotopic (exact) mass is 278 g/mol. The Morgan fingerprint density at radius 2 is 1.43 bits per heavy atom. The molecule has 0 heterocycles. The fourth-order valence-electron chi connectivity index (χ4n) is 3.34. The van der Waals surface area contributed by atoms with Gasteiger partial charge in [-0.05, 0) is 58.4 Å². The Bertz CT molecular complexity index is 758. The number of aryl methyl sites for hydroxylation is 2. The van der Waals surface area contributed by atoms with Crippen LogP contribution in [0.15, 0.2) is 48.5 Å². The van der Waals surface area contributed by atoms with Gasteiger partial charge in [-0.2, -0.15) is 0 Å². The Kier molecular flexibility index (Phi) is 4.21. The van der Waals surface area contributed by atoms with E-state index < -0.39 is 0 Å². The first kappa shape index (κ1) is 14.1. The SMILES string of the molecule is COC.c1ccc2c(c1)ccc1c3c(ccc12)CCCC3. The van der Waals surface area contributed by atoms with Crippen LogP contribution in [0.25, 0.3) is 21.5 Å². The van der Waals surface area contributed by atoms with Gasteiger partial charge in [0.1, 0.15) is 0 Å². The third-order valence-corrected chi connectivity index (χ3v) is 4.26. The molecule has 0 saturated carbocycles. The lowest BCUT2D eigenvalue weighted by Crippen LogP contribution is -2.02. The molecular weight excluding hydrogens is 256 g/mol. The maximum Gasteiger partial charge on any atom is 0.0351 e. The molecule has 1 aliphatic carbocycles. The topological polar surface area (TPSA) is 9.23 Å². The van der Waals surface area contributed by atoms with E-state index in [-0.39, 0.29) is 0 Å². The predicted octanol–water partition coefficient (Wildman–Crippen LogP) is 5.13. The highest BCUT2D eigenvalue weighted by molar-refractivity contribution is 6.08. The summed E-state index contributed by atoms with van der Waals surface area (Å²) in [5.41, 5.74) is 3.17. The molecule has 0 saturated heterocycles. The third-order valence-electron chi connectivity index (χ3n) is 4.26. The summed E-state index contributed by atoms with van der Waals surface area (Å²) in [6, 6.07) is 18.0. The molecule has 0 spiro atoms. The van der Waals surface area contributed by atoms with Gasteiger partial charge in [0.15, 0.2) is 0 Å². The molecule has 0 radical (unpaired) electrons. The van der Waals surface area contributed by atoms with Crippen molar-refractivity contribution in [1.29, 1.82) is 0 Å². The molecule has 3 aromatic carbocycles. The maximum atomic E-state index is 4.25. The van der Waals surface area contributed by atoms with Crippen molar-refractivity contribution in [3.8, 4) is 0 Å². The van der Waals surface area contributed by atoms with Crippen LogP contribution >= 0.6 is 0 Å². The van der Waals surface area contributed by atoms with Crippen LogP contribution in [0.5, 0.6) is 0 Å². The molecule has 0 aromatic heterocycles. The number of hydrogen-bond donors (Lipinski definition) is 0. The van der Waals surface area contributed by atoms with Gasteiger partial charge < -0.3 is 4.74 Å². The van der Waals surface area contributed by atoms with Crippen LogP contribution in [0.3, 0.4) is 0 Å². The minimum absolute atomic E-state index is 1.25. The third kappa shape index (κ3) is 2.66. The lowest BCUT2D eigenvalue weighted by molar-refractivity contribution is 0.277. The standard InChI is InChI=1S/C18H16.C2H6O/c1-3-7-15-13(5-1)9-11-18-16-8-4-2-6-14(16)10-12-17(15)18;1-3-2/h1,3,5,7,9-12H,2,4,6,8H2;1-2H3. The minimum Gasteiger partial charge on any atom is -0.388 e. The lowest BCUT2D eigenvalue weighted by atomic mass is 9.86. The van der Waals surface area contributed by atoms with Crippen LogP contribution in [0.1, 0.15) is 24.0 Å². The summed E-state index contributed by atoms with van der Waals surface area (Å²) in [4.78, 5) is 0. The fraction of sp³-hybridized carbons (Fsp3) is 0.300. The molecule has 3 aromatic rings. The number of rotatable bonds is 0. The summed E-state index contributed by atoms with van der Waals surface area (Å²) in [6.07, 6.45) is 5.22. The van der Waals surface area contributed by atoms with E-state index >= 15 is 0 Å². The zero-order chi connectivity index (χ0) is 14.7. The molecule has 1 nitrogen and oxygen atoms in total. The molecular formula is C20H22O. The number of ether oxygens (including phenoxy) is 1. The van der Waals surface area contributed by atoms with E-state index in [2.05, 4.69) is 53.3 Å². The van der Waals surface area contributed by atoms with Crippen molar-refractivity contribution in [2.45, 2.75) is 25.7 Å². The van der Waals surface area contributed by atoms with E-state index in [1.165, 1.54) is 47.2 Å². The van der Waals surface area contributed by atoms with Crippen molar-refractivity contribution in [1.82, 2.24) is 0 Å².